The molecule has 0 aliphatic carbocycles. The fourth-order valence-corrected chi connectivity index (χ4v) is 5.58. The Morgan fingerprint density at radius 1 is 1.07 bits per heavy atom. The van der Waals surface area contributed by atoms with Gasteiger partial charge in [0.15, 0.2) is 11.0 Å². The minimum Gasteiger partial charge on any atom is -0.378 e. The lowest BCUT2D eigenvalue weighted by Crippen LogP contribution is -2.40. The molecule has 0 spiro atoms. The van der Waals surface area contributed by atoms with Crippen molar-refractivity contribution in [1.82, 2.24) is 25.0 Å². The van der Waals surface area contributed by atoms with Gasteiger partial charge in [0, 0.05) is 36.4 Å². The van der Waals surface area contributed by atoms with Gasteiger partial charge in [-0.1, -0.05) is 54.9 Å². The highest BCUT2D eigenvalue weighted by Gasteiger charge is 2.25. The molecule has 3 amide bonds. The highest BCUT2D eigenvalue weighted by atomic mass is 35.5. The van der Waals surface area contributed by atoms with Crippen LogP contribution in [0.5, 0.6) is 0 Å². The normalized spacial score (nSPS) is 14.1. The summed E-state index contributed by atoms with van der Waals surface area (Å²) in [6.45, 7) is 6.22. The van der Waals surface area contributed by atoms with Crippen molar-refractivity contribution >= 4 is 58.4 Å². The second-order valence-corrected chi connectivity index (χ2v) is 11.8. The molecule has 4 rings (SSSR count). The van der Waals surface area contributed by atoms with E-state index < -0.39 is 6.04 Å². The van der Waals surface area contributed by atoms with Crippen LogP contribution in [0.25, 0.3) is 0 Å². The van der Waals surface area contributed by atoms with E-state index in [9.17, 15) is 14.4 Å². The minimum atomic E-state index is -0.429. The van der Waals surface area contributed by atoms with Crippen molar-refractivity contribution in [2.24, 2.45) is 13.0 Å². The maximum Gasteiger partial charge on any atom is 0.254 e. The van der Waals surface area contributed by atoms with Gasteiger partial charge in [0.05, 0.1) is 35.6 Å². The van der Waals surface area contributed by atoms with E-state index in [0.717, 1.165) is 0 Å². The second-order valence-electron chi connectivity index (χ2n) is 10.0. The molecule has 2 heterocycles. The van der Waals surface area contributed by atoms with Gasteiger partial charge in [0.2, 0.25) is 5.91 Å². The van der Waals surface area contributed by atoms with E-state index >= 15 is 0 Å². The summed E-state index contributed by atoms with van der Waals surface area (Å²) >= 11 is 13.4. The van der Waals surface area contributed by atoms with Crippen molar-refractivity contribution in [3.05, 3.63) is 69.5 Å². The van der Waals surface area contributed by atoms with Crippen LogP contribution in [0, 0.1) is 5.92 Å². The molecule has 1 saturated heterocycles. The van der Waals surface area contributed by atoms with Crippen molar-refractivity contribution in [3.8, 4) is 0 Å². The van der Waals surface area contributed by atoms with Crippen molar-refractivity contribution in [2.45, 2.75) is 31.5 Å². The molecule has 0 radical (unpaired) electrons. The monoisotopic (exact) mass is 618 g/mol. The number of anilines is 1. The van der Waals surface area contributed by atoms with Gasteiger partial charge in [-0.05, 0) is 48.7 Å². The van der Waals surface area contributed by atoms with Gasteiger partial charge in [0.25, 0.3) is 11.8 Å². The summed E-state index contributed by atoms with van der Waals surface area (Å²) in [5, 5.41) is 15.7. The van der Waals surface area contributed by atoms with Crippen LogP contribution in [0.3, 0.4) is 0 Å². The van der Waals surface area contributed by atoms with Crippen LogP contribution in [-0.2, 0) is 16.6 Å². The third-order valence-corrected chi connectivity index (χ3v) is 7.96. The number of aromatic nitrogens is 3. The number of rotatable bonds is 10. The van der Waals surface area contributed by atoms with Crippen LogP contribution in [0.15, 0.2) is 47.6 Å². The van der Waals surface area contributed by atoms with Crippen LogP contribution < -0.4 is 10.6 Å². The van der Waals surface area contributed by atoms with E-state index in [2.05, 4.69) is 20.8 Å². The van der Waals surface area contributed by atoms with Gasteiger partial charge in [-0.25, -0.2) is 0 Å². The number of hydrogen-bond donors (Lipinski definition) is 2. The Balaban J connectivity index is 1.38. The maximum atomic E-state index is 13.0. The number of halogens is 2. The third kappa shape index (κ3) is 8.22. The molecule has 0 bridgehead atoms. The van der Waals surface area contributed by atoms with E-state index in [1.54, 1.807) is 52.9 Å². The van der Waals surface area contributed by atoms with Gasteiger partial charge in [0.1, 0.15) is 0 Å². The molecule has 1 aromatic heterocycles. The zero-order valence-corrected chi connectivity index (χ0v) is 25.4. The Hall–Kier alpha value is -3.12. The predicted octanol–water partition coefficient (Wildman–Crippen LogP) is 4.84. The quantitative estimate of drug-likeness (QED) is 0.312. The molecule has 218 valence electrons. The number of ether oxygens (including phenoxy) is 1. The van der Waals surface area contributed by atoms with Gasteiger partial charge in [-0.2, -0.15) is 0 Å². The SMILES string of the molecule is CC(C)C[C@@H](NC(=O)c1ccc(Cl)cc1Cl)c1nnc(SCC(=O)Nc2cccc(C(=O)N3CCOCC3)c2)n1C. The molecule has 41 heavy (non-hydrogen) atoms. The lowest BCUT2D eigenvalue weighted by molar-refractivity contribution is -0.113. The Bertz CT molecular complexity index is 1410. The number of benzene rings is 2. The van der Waals surface area contributed by atoms with Gasteiger partial charge in [-0.15, -0.1) is 10.2 Å². The smallest absolute Gasteiger partial charge is 0.254 e. The number of amides is 3. The van der Waals surface area contributed by atoms with Crippen LogP contribution in [-0.4, -0.2) is 69.4 Å². The largest absolute Gasteiger partial charge is 0.378 e. The molecule has 0 unspecified atom stereocenters. The molecule has 1 atom stereocenters. The average molecular weight is 620 g/mol. The predicted molar refractivity (Wildman–Crippen MR) is 160 cm³/mol. The Morgan fingerprint density at radius 3 is 2.54 bits per heavy atom. The lowest BCUT2D eigenvalue weighted by atomic mass is 10.0. The molecule has 0 saturated carbocycles. The molecular formula is C28H32Cl2N6O4S. The summed E-state index contributed by atoms with van der Waals surface area (Å²) in [5.74, 6) is 0.213. The van der Waals surface area contributed by atoms with Gasteiger partial charge >= 0.3 is 0 Å². The Morgan fingerprint density at radius 2 is 1.83 bits per heavy atom. The van der Waals surface area contributed by atoms with Crippen LogP contribution in [0.1, 0.15) is 52.9 Å². The number of hydrogen-bond acceptors (Lipinski definition) is 7. The van der Waals surface area contributed by atoms with Gasteiger partial charge < -0.3 is 24.8 Å². The first kappa shape index (κ1) is 30.8. The summed E-state index contributed by atoms with van der Waals surface area (Å²) < 4.78 is 7.09. The summed E-state index contributed by atoms with van der Waals surface area (Å²) in [6.07, 6.45) is 0.619. The number of carbonyl (C=O) groups excluding carboxylic acids is 3. The molecule has 1 aliphatic rings. The second kappa shape index (κ2) is 14.2. The topological polar surface area (TPSA) is 118 Å². The van der Waals surface area contributed by atoms with Crippen LogP contribution in [0.4, 0.5) is 5.69 Å². The summed E-state index contributed by atoms with van der Waals surface area (Å²) in [4.78, 5) is 40.3. The number of morpholine rings is 1. The molecule has 10 nitrogen and oxygen atoms in total. The molecular weight excluding hydrogens is 587 g/mol. The number of carbonyl (C=O) groups is 3. The lowest BCUT2D eigenvalue weighted by Gasteiger charge is -2.27. The molecule has 2 N–H and O–H groups in total. The fraction of sp³-hybridized carbons (Fsp3) is 0.393. The highest BCUT2D eigenvalue weighted by molar-refractivity contribution is 7.99. The first-order chi connectivity index (χ1) is 19.6. The standard InChI is InChI=1S/C28H32Cl2N6O4S/c1-17(2)13-23(32-26(38)21-8-7-19(29)15-22(21)30)25-33-34-28(35(25)3)41-16-24(37)31-20-6-4-5-18(14-20)27(39)36-9-11-40-12-10-36/h4-8,14-15,17,23H,9-13,16H2,1-3H3,(H,31,37)(H,32,38)/t23-/m1/s1. The number of thioether (sulfide) groups is 1. The van der Waals surface area contributed by atoms with Crippen molar-refractivity contribution < 1.29 is 19.1 Å². The van der Waals surface area contributed by atoms with Crippen molar-refractivity contribution in [2.75, 3.05) is 37.4 Å². The zero-order valence-electron chi connectivity index (χ0n) is 23.0. The highest BCUT2D eigenvalue weighted by Crippen LogP contribution is 2.26. The first-order valence-corrected chi connectivity index (χ1v) is 14.9. The van der Waals surface area contributed by atoms with Crippen LogP contribution in [0.2, 0.25) is 10.0 Å². The minimum absolute atomic E-state index is 0.0786. The number of nitrogens with one attached hydrogen (secondary N) is 2. The van der Waals surface area contributed by atoms with E-state index in [0.29, 0.717) is 65.5 Å². The van der Waals surface area contributed by atoms with Gasteiger partial charge in [-0.3, -0.25) is 14.4 Å². The molecule has 1 aliphatic heterocycles. The van der Waals surface area contributed by atoms with E-state index in [-0.39, 0.29) is 34.4 Å². The zero-order chi connectivity index (χ0) is 29.5. The first-order valence-electron chi connectivity index (χ1n) is 13.2. The number of nitrogens with zero attached hydrogens (tertiary/aromatic N) is 4. The average Bonchev–Trinajstić information content (AvgIpc) is 3.31. The van der Waals surface area contributed by atoms with E-state index in [1.807, 2.05) is 13.8 Å². The summed E-state index contributed by atoms with van der Waals surface area (Å²) in [7, 11) is 1.80. The van der Waals surface area contributed by atoms with Crippen LogP contribution >= 0.6 is 35.0 Å². The van der Waals surface area contributed by atoms with Crippen molar-refractivity contribution in [3.63, 3.8) is 0 Å². The molecule has 13 heteroatoms. The van der Waals surface area contributed by atoms with E-state index in [1.165, 1.54) is 17.8 Å². The Labute approximate surface area is 253 Å². The summed E-state index contributed by atoms with van der Waals surface area (Å²) in [6, 6.07) is 11.2. The Kier molecular flexibility index (Phi) is 10.7. The molecule has 2 aromatic carbocycles. The molecule has 1 fully saturated rings. The maximum absolute atomic E-state index is 13.0. The molecule has 3 aromatic rings. The fourth-order valence-electron chi connectivity index (χ4n) is 4.37. The summed E-state index contributed by atoms with van der Waals surface area (Å²) in [5.41, 5.74) is 1.36. The van der Waals surface area contributed by atoms with E-state index in [4.69, 9.17) is 27.9 Å². The third-order valence-electron chi connectivity index (χ3n) is 6.39. The van der Waals surface area contributed by atoms with Crippen molar-refractivity contribution in [1.29, 1.82) is 0 Å².